The van der Waals surface area contributed by atoms with E-state index < -0.39 is 5.97 Å². The highest BCUT2D eigenvalue weighted by Crippen LogP contribution is 2.20. The van der Waals surface area contributed by atoms with Gasteiger partial charge in [0, 0.05) is 17.6 Å². The van der Waals surface area contributed by atoms with Gasteiger partial charge in [0.25, 0.3) is 0 Å². The quantitative estimate of drug-likeness (QED) is 0.355. The Morgan fingerprint density at radius 2 is 1.80 bits per heavy atom. The molecule has 0 fully saturated rings. The number of carbonyl (C=O) groups excluding carboxylic acids is 2. The van der Waals surface area contributed by atoms with Crippen molar-refractivity contribution in [1.29, 1.82) is 0 Å². The largest absolute Gasteiger partial charge is 0.460 e. The summed E-state index contributed by atoms with van der Waals surface area (Å²) >= 11 is 1.26. The maximum absolute atomic E-state index is 13.5. The third-order valence-corrected chi connectivity index (χ3v) is 4.06. The highest BCUT2D eigenvalue weighted by atomic mass is 32.2. The van der Waals surface area contributed by atoms with Crippen molar-refractivity contribution >= 4 is 29.7 Å². The van der Waals surface area contributed by atoms with E-state index in [9.17, 15) is 14.0 Å². The van der Waals surface area contributed by atoms with Crippen molar-refractivity contribution in [2.24, 2.45) is 0 Å². The van der Waals surface area contributed by atoms with Crippen molar-refractivity contribution < 1.29 is 18.7 Å². The second-order valence-electron chi connectivity index (χ2n) is 5.06. The molecule has 0 heterocycles. The van der Waals surface area contributed by atoms with Gasteiger partial charge in [0.1, 0.15) is 18.1 Å². The fourth-order valence-electron chi connectivity index (χ4n) is 1.98. The van der Waals surface area contributed by atoms with Crippen LogP contribution >= 0.6 is 11.8 Å². The van der Waals surface area contributed by atoms with Gasteiger partial charge < -0.3 is 10.1 Å². The summed E-state index contributed by atoms with van der Waals surface area (Å²) in [6.45, 7) is 1.42. The van der Waals surface area contributed by atoms with Gasteiger partial charge in [-0.2, -0.15) is 0 Å². The molecule has 1 amide bonds. The standard InChI is InChI=1S/C19H18FNO3S/c1-14(22)21-17(13-15-7-3-2-4-8-15)19(23)24-11-12-25-18-10-6-5-9-16(18)20/h2-10,13H,11-12H2,1H3,(H,21,22). The Morgan fingerprint density at radius 3 is 2.48 bits per heavy atom. The van der Waals surface area contributed by atoms with Crippen molar-refractivity contribution in [3.8, 4) is 0 Å². The highest BCUT2D eigenvalue weighted by Gasteiger charge is 2.13. The van der Waals surface area contributed by atoms with E-state index in [1.54, 1.807) is 24.3 Å². The second-order valence-corrected chi connectivity index (χ2v) is 6.20. The average molecular weight is 359 g/mol. The molecule has 0 aromatic heterocycles. The molecule has 25 heavy (non-hydrogen) atoms. The van der Waals surface area contributed by atoms with Crippen LogP contribution in [-0.2, 0) is 14.3 Å². The fourth-order valence-corrected chi connectivity index (χ4v) is 2.74. The van der Waals surface area contributed by atoms with E-state index in [0.29, 0.717) is 10.6 Å². The van der Waals surface area contributed by atoms with Gasteiger partial charge in [-0.1, -0.05) is 42.5 Å². The van der Waals surface area contributed by atoms with Crippen molar-refractivity contribution in [2.45, 2.75) is 11.8 Å². The predicted octanol–water partition coefficient (Wildman–Crippen LogP) is 3.64. The van der Waals surface area contributed by atoms with Gasteiger partial charge in [-0.15, -0.1) is 11.8 Å². The molecular formula is C19H18FNO3S. The zero-order chi connectivity index (χ0) is 18.1. The van der Waals surface area contributed by atoms with E-state index in [-0.39, 0.29) is 24.0 Å². The Bertz CT molecular complexity index is 762. The lowest BCUT2D eigenvalue weighted by Crippen LogP contribution is -2.26. The number of hydrogen-bond acceptors (Lipinski definition) is 4. The van der Waals surface area contributed by atoms with Crippen LogP contribution in [0.25, 0.3) is 6.08 Å². The molecule has 0 bridgehead atoms. The third kappa shape index (κ3) is 6.43. The minimum Gasteiger partial charge on any atom is -0.460 e. The van der Waals surface area contributed by atoms with Crippen LogP contribution in [-0.4, -0.2) is 24.2 Å². The third-order valence-electron chi connectivity index (χ3n) is 3.05. The summed E-state index contributed by atoms with van der Waals surface area (Å²) in [5, 5.41) is 2.48. The first-order valence-electron chi connectivity index (χ1n) is 7.65. The number of nitrogens with one attached hydrogen (secondary N) is 1. The van der Waals surface area contributed by atoms with Crippen LogP contribution in [0.2, 0.25) is 0 Å². The van der Waals surface area contributed by atoms with Crippen LogP contribution in [0.1, 0.15) is 12.5 Å². The molecule has 6 heteroatoms. The van der Waals surface area contributed by atoms with Crippen LogP contribution in [0.5, 0.6) is 0 Å². The fraction of sp³-hybridized carbons (Fsp3) is 0.158. The van der Waals surface area contributed by atoms with Crippen molar-refractivity contribution in [3.63, 3.8) is 0 Å². The molecule has 4 nitrogen and oxygen atoms in total. The number of amides is 1. The van der Waals surface area contributed by atoms with Crippen molar-refractivity contribution in [2.75, 3.05) is 12.4 Å². The number of ether oxygens (including phenoxy) is 1. The molecule has 2 aromatic rings. The zero-order valence-electron chi connectivity index (χ0n) is 13.7. The lowest BCUT2D eigenvalue weighted by Gasteiger charge is -2.09. The highest BCUT2D eigenvalue weighted by molar-refractivity contribution is 7.99. The summed E-state index contributed by atoms with van der Waals surface area (Å²) in [7, 11) is 0. The lowest BCUT2D eigenvalue weighted by molar-refractivity contribution is -0.139. The van der Waals surface area contributed by atoms with E-state index in [1.165, 1.54) is 24.8 Å². The van der Waals surface area contributed by atoms with Gasteiger partial charge in [-0.05, 0) is 23.8 Å². The first-order chi connectivity index (χ1) is 12.1. The minimum atomic E-state index is -0.631. The van der Waals surface area contributed by atoms with Crippen molar-refractivity contribution in [1.82, 2.24) is 5.32 Å². The first kappa shape index (κ1) is 18.7. The Kier molecular flexibility index (Phi) is 7.22. The van der Waals surface area contributed by atoms with Crippen LogP contribution in [0.3, 0.4) is 0 Å². The summed E-state index contributed by atoms with van der Waals surface area (Å²) in [6.07, 6.45) is 1.55. The monoisotopic (exact) mass is 359 g/mol. The molecule has 0 aliphatic rings. The molecule has 2 aromatic carbocycles. The summed E-state index contributed by atoms with van der Waals surface area (Å²) in [5.74, 6) is -0.888. The van der Waals surface area contributed by atoms with Gasteiger partial charge >= 0.3 is 5.97 Å². The van der Waals surface area contributed by atoms with Crippen LogP contribution < -0.4 is 5.32 Å². The summed E-state index contributed by atoms with van der Waals surface area (Å²) in [4.78, 5) is 24.0. The molecule has 0 saturated heterocycles. The molecule has 130 valence electrons. The predicted molar refractivity (Wildman–Crippen MR) is 96.3 cm³/mol. The Labute approximate surface area is 150 Å². The van der Waals surface area contributed by atoms with Crippen molar-refractivity contribution in [3.05, 3.63) is 71.7 Å². The molecule has 0 saturated carbocycles. The molecule has 2 rings (SSSR count). The van der Waals surface area contributed by atoms with Gasteiger partial charge in [-0.3, -0.25) is 4.79 Å². The van der Waals surface area contributed by atoms with Crippen LogP contribution in [0, 0.1) is 5.82 Å². The van der Waals surface area contributed by atoms with Crippen LogP contribution in [0.4, 0.5) is 4.39 Å². The van der Waals surface area contributed by atoms with E-state index in [2.05, 4.69) is 5.32 Å². The Balaban J connectivity index is 1.92. The number of esters is 1. The normalized spacial score (nSPS) is 11.0. The van der Waals surface area contributed by atoms with E-state index in [4.69, 9.17) is 4.74 Å². The molecular weight excluding hydrogens is 341 g/mol. The van der Waals surface area contributed by atoms with Gasteiger partial charge in [0.2, 0.25) is 5.91 Å². The second kappa shape index (κ2) is 9.64. The summed E-state index contributed by atoms with van der Waals surface area (Å²) in [6, 6.07) is 15.5. The van der Waals surface area contributed by atoms with Gasteiger partial charge in [-0.25, -0.2) is 9.18 Å². The summed E-state index contributed by atoms with van der Waals surface area (Å²) in [5.41, 5.74) is 0.832. The molecule has 0 unspecified atom stereocenters. The molecule has 0 aliphatic heterocycles. The SMILES string of the molecule is CC(=O)NC(=Cc1ccccc1)C(=O)OCCSc1ccccc1F. The number of rotatable bonds is 7. The number of carbonyl (C=O) groups is 2. The Morgan fingerprint density at radius 1 is 1.12 bits per heavy atom. The van der Waals surface area contributed by atoms with Gasteiger partial charge in [0.15, 0.2) is 0 Å². The van der Waals surface area contributed by atoms with E-state index in [1.807, 2.05) is 30.3 Å². The number of halogens is 1. The molecule has 0 spiro atoms. The number of hydrogen-bond donors (Lipinski definition) is 1. The minimum absolute atomic E-state index is 0.0644. The topological polar surface area (TPSA) is 55.4 Å². The van der Waals surface area contributed by atoms with E-state index in [0.717, 1.165) is 5.56 Å². The van der Waals surface area contributed by atoms with Crippen LogP contribution in [0.15, 0.2) is 65.2 Å². The molecule has 0 aliphatic carbocycles. The molecule has 1 N–H and O–H groups in total. The zero-order valence-corrected chi connectivity index (χ0v) is 14.5. The molecule has 0 radical (unpaired) electrons. The first-order valence-corrected chi connectivity index (χ1v) is 8.63. The maximum Gasteiger partial charge on any atom is 0.354 e. The lowest BCUT2D eigenvalue weighted by atomic mass is 10.2. The van der Waals surface area contributed by atoms with Gasteiger partial charge in [0.05, 0.1) is 0 Å². The van der Waals surface area contributed by atoms with E-state index >= 15 is 0 Å². The number of benzene rings is 2. The molecule has 0 atom stereocenters. The maximum atomic E-state index is 13.5. The Hall–Kier alpha value is -2.60. The smallest absolute Gasteiger partial charge is 0.354 e. The summed E-state index contributed by atoms with van der Waals surface area (Å²) < 4.78 is 18.7. The average Bonchev–Trinajstić information content (AvgIpc) is 2.60. The number of thioether (sulfide) groups is 1.